The van der Waals surface area contributed by atoms with Gasteiger partial charge in [-0.1, -0.05) is 6.92 Å². The molecule has 4 heteroatoms. The van der Waals surface area contributed by atoms with Crippen molar-refractivity contribution in [1.29, 1.82) is 0 Å². The zero-order chi connectivity index (χ0) is 10.4. The fourth-order valence-electron chi connectivity index (χ4n) is 1.80. The molecule has 1 rings (SSSR count). The number of carbonyl (C=O) groups is 1. The molecule has 1 aliphatic rings. The van der Waals surface area contributed by atoms with E-state index in [1.165, 1.54) is 7.11 Å². The van der Waals surface area contributed by atoms with Crippen LogP contribution in [0.25, 0.3) is 0 Å². The summed E-state index contributed by atoms with van der Waals surface area (Å²) in [7, 11) is 1.43. The highest BCUT2D eigenvalue weighted by molar-refractivity contribution is 5.69. The Bertz CT molecular complexity index is 178. The highest BCUT2D eigenvalue weighted by Crippen LogP contribution is 2.19. The highest BCUT2D eigenvalue weighted by Gasteiger charge is 2.27. The Balaban J connectivity index is 2.40. The zero-order valence-electron chi connectivity index (χ0n) is 8.91. The van der Waals surface area contributed by atoms with Crippen LogP contribution in [0.1, 0.15) is 19.8 Å². The lowest BCUT2D eigenvalue weighted by atomic mass is 9.96. The van der Waals surface area contributed by atoms with Crippen LogP contribution < -0.4 is 5.32 Å². The summed E-state index contributed by atoms with van der Waals surface area (Å²) in [6.07, 6.45) is 1.48. The number of rotatable bonds is 5. The summed E-state index contributed by atoms with van der Waals surface area (Å²) >= 11 is 0. The van der Waals surface area contributed by atoms with E-state index in [9.17, 15) is 4.79 Å². The van der Waals surface area contributed by atoms with E-state index in [0.29, 0.717) is 12.3 Å². The van der Waals surface area contributed by atoms with Crippen LogP contribution in [0.5, 0.6) is 0 Å². The zero-order valence-corrected chi connectivity index (χ0v) is 8.91. The summed E-state index contributed by atoms with van der Waals surface area (Å²) in [5, 5.41) is 3.31. The molecule has 0 amide bonds. The fourth-order valence-corrected chi connectivity index (χ4v) is 1.80. The van der Waals surface area contributed by atoms with Gasteiger partial charge in [-0.05, 0) is 13.0 Å². The third kappa shape index (κ3) is 3.27. The molecule has 0 bridgehead atoms. The quantitative estimate of drug-likeness (QED) is 0.660. The molecule has 14 heavy (non-hydrogen) atoms. The molecular weight excluding hydrogens is 182 g/mol. The van der Waals surface area contributed by atoms with Crippen LogP contribution in [-0.4, -0.2) is 38.9 Å². The van der Waals surface area contributed by atoms with E-state index in [0.717, 1.165) is 26.2 Å². The molecule has 0 aliphatic carbocycles. The Labute approximate surface area is 85.0 Å². The van der Waals surface area contributed by atoms with E-state index in [-0.39, 0.29) is 12.0 Å². The maximum absolute atomic E-state index is 11.2. The summed E-state index contributed by atoms with van der Waals surface area (Å²) in [6, 6.07) is 0.204. The van der Waals surface area contributed by atoms with Crippen LogP contribution in [0.4, 0.5) is 0 Å². The summed E-state index contributed by atoms with van der Waals surface area (Å²) in [5.41, 5.74) is 0. The molecule has 1 fully saturated rings. The van der Waals surface area contributed by atoms with E-state index in [4.69, 9.17) is 4.74 Å². The standard InChI is InChI=1S/C10H19NO3/c1-3-11-9(6-10(12)13-2)8-4-5-14-7-8/h8-9,11H,3-7H2,1-2H3. The molecular formula is C10H19NO3. The van der Waals surface area contributed by atoms with Gasteiger partial charge >= 0.3 is 5.97 Å². The first-order chi connectivity index (χ1) is 6.77. The molecule has 1 heterocycles. The van der Waals surface area contributed by atoms with Crippen molar-refractivity contribution in [2.24, 2.45) is 5.92 Å². The molecule has 0 aromatic rings. The van der Waals surface area contributed by atoms with Crippen molar-refractivity contribution < 1.29 is 14.3 Å². The molecule has 82 valence electrons. The average molecular weight is 201 g/mol. The van der Waals surface area contributed by atoms with E-state index in [2.05, 4.69) is 10.1 Å². The summed E-state index contributed by atoms with van der Waals surface area (Å²) in [6.45, 7) is 4.49. The van der Waals surface area contributed by atoms with Crippen LogP contribution in [0.2, 0.25) is 0 Å². The molecule has 0 spiro atoms. The Kier molecular flexibility index (Phi) is 4.90. The van der Waals surface area contributed by atoms with Crippen LogP contribution >= 0.6 is 0 Å². The molecule has 2 atom stereocenters. The van der Waals surface area contributed by atoms with Crippen molar-refractivity contribution in [2.75, 3.05) is 26.9 Å². The maximum atomic E-state index is 11.2. The van der Waals surface area contributed by atoms with Crippen molar-refractivity contribution in [3.8, 4) is 0 Å². The molecule has 0 radical (unpaired) electrons. The third-order valence-electron chi connectivity index (χ3n) is 2.61. The van der Waals surface area contributed by atoms with Gasteiger partial charge in [0.05, 0.1) is 20.1 Å². The fraction of sp³-hybridized carbons (Fsp3) is 0.900. The Hall–Kier alpha value is -0.610. The molecule has 1 saturated heterocycles. The smallest absolute Gasteiger partial charge is 0.307 e. The molecule has 1 aliphatic heterocycles. The van der Waals surface area contributed by atoms with Gasteiger partial charge in [-0.3, -0.25) is 4.79 Å². The molecule has 0 saturated carbocycles. The summed E-state index contributed by atoms with van der Waals surface area (Å²) in [4.78, 5) is 11.2. The molecule has 4 nitrogen and oxygen atoms in total. The van der Waals surface area contributed by atoms with E-state index < -0.39 is 0 Å². The van der Waals surface area contributed by atoms with Gasteiger partial charge in [0.25, 0.3) is 0 Å². The predicted molar refractivity (Wildman–Crippen MR) is 53.0 cm³/mol. The number of carbonyl (C=O) groups excluding carboxylic acids is 1. The maximum Gasteiger partial charge on any atom is 0.307 e. The van der Waals surface area contributed by atoms with Crippen molar-refractivity contribution >= 4 is 5.97 Å². The molecule has 1 N–H and O–H groups in total. The van der Waals surface area contributed by atoms with Crippen molar-refractivity contribution in [1.82, 2.24) is 5.32 Å². The second kappa shape index (κ2) is 5.98. The topological polar surface area (TPSA) is 47.6 Å². The highest BCUT2D eigenvalue weighted by atomic mass is 16.5. The summed E-state index contributed by atoms with van der Waals surface area (Å²) in [5.74, 6) is 0.303. The van der Waals surface area contributed by atoms with Crippen molar-refractivity contribution in [3.05, 3.63) is 0 Å². The van der Waals surface area contributed by atoms with Gasteiger partial charge in [-0.15, -0.1) is 0 Å². The second-order valence-electron chi connectivity index (χ2n) is 3.57. The van der Waals surface area contributed by atoms with Gasteiger partial charge in [-0.2, -0.15) is 0 Å². The average Bonchev–Trinajstić information content (AvgIpc) is 2.69. The van der Waals surface area contributed by atoms with Crippen molar-refractivity contribution in [2.45, 2.75) is 25.8 Å². The van der Waals surface area contributed by atoms with Gasteiger partial charge in [0, 0.05) is 18.6 Å². The van der Waals surface area contributed by atoms with Crippen LogP contribution in [-0.2, 0) is 14.3 Å². The SMILES string of the molecule is CCNC(CC(=O)OC)C1CCOC1. The van der Waals surface area contributed by atoms with E-state index in [1.54, 1.807) is 0 Å². The lowest BCUT2D eigenvalue weighted by Crippen LogP contribution is -2.38. The van der Waals surface area contributed by atoms with Crippen molar-refractivity contribution in [3.63, 3.8) is 0 Å². The molecule has 0 aromatic carbocycles. The van der Waals surface area contributed by atoms with Gasteiger partial charge < -0.3 is 14.8 Å². The second-order valence-corrected chi connectivity index (χ2v) is 3.57. The number of methoxy groups -OCH3 is 1. The number of esters is 1. The molecule has 2 unspecified atom stereocenters. The monoisotopic (exact) mass is 201 g/mol. The number of hydrogen-bond acceptors (Lipinski definition) is 4. The Morgan fingerprint density at radius 3 is 3.00 bits per heavy atom. The lowest BCUT2D eigenvalue weighted by Gasteiger charge is -2.21. The van der Waals surface area contributed by atoms with E-state index in [1.807, 2.05) is 6.92 Å². The third-order valence-corrected chi connectivity index (χ3v) is 2.61. The van der Waals surface area contributed by atoms with Crippen LogP contribution in [0.15, 0.2) is 0 Å². The van der Waals surface area contributed by atoms with Gasteiger partial charge in [-0.25, -0.2) is 0 Å². The predicted octanol–water partition coefficient (Wildman–Crippen LogP) is 0.564. The van der Waals surface area contributed by atoms with Gasteiger partial charge in [0.1, 0.15) is 0 Å². The first-order valence-electron chi connectivity index (χ1n) is 5.15. The van der Waals surface area contributed by atoms with Crippen LogP contribution in [0.3, 0.4) is 0 Å². The number of ether oxygens (including phenoxy) is 2. The van der Waals surface area contributed by atoms with Gasteiger partial charge in [0.2, 0.25) is 0 Å². The largest absolute Gasteiger partial charge is 0.469 e. The first kappa shape index (κ1) is 11.5. The first-order valence-corrected chi connectivity index (χ1v) is 5.15. The minimum atomic E-state index is -0.150. The van der Waals surface area contributed by atoms with E-state index >= 15 is 0 Å². The number of hydrogen-bond donors (Lipinski definition) is 1. The molecule has 0 aromatic heterocycles. The normalized spacial score (nSPS) is 23.4. The minimum absolute atomic E-state index is 0.150. The summed E-state index contributed by atoms with van der Waals surface area (Å²) < 4.78 is 9.97. The van der Waals surface area contributed by atoms with Crippen LogP contribution in [0, 0.1) is 5.92 Å². The number of nitrogens with one attached hydrogen (secondary N) is 1. The van der Waals surface area contributed by atoms with Gasteiger partial charge in [0.15, 0.2) is 0 Å². The lowest BCUT2D eigenvalue weighted by molar-refractivity contribution is -0.141. The minimum Gasteiger partial charge on any atom is -0.469 e. The Morgan fingerprint density at radius 1 is 1.71 bits per heavy atom. The Morgan fingerprint density at radius 2 is 2.50 bits per heavy atom.